The van der Waals surface area contributed by atoms with Crippen LogP contribution in [0.1, 0.15) is 74.4 Å². The summed E-state index contributed by atoms with van der Waals surface area (Å²) in [5, 5.41) is 11.6. The van der Waals surface area contributed by atoms with Crippen LogP contribution in [0.15, 0.2) is 54.7 Å². The van der Waals surface area contributed by atoms with Gasteiger partial charge < -0.3 is 9.64 Å². The third kappa shape index (κ3) is 9.38. The molecule has 4 heterocycles. The van der Waals surface area contributed by atoms with Gasteiger partial charge >= 0.3 is 6.18 Å². The fourth-order valence-corrected chi connectivity index (χ4v) is 8.19. The third-order valence-electron chi connectivity index (χ3n) is 10.8. The first-order chi connectivity index (χ1) is 27.5. The van der Waals surface area contributed by atoms with Crippen molar-refractivity contribution >= 4 is 52.2 Å². The molecule has 306 valence electrons. The molecule has 0 saturated carbocycles. The number of benzene rings is 2. The van der Waals surface area contributed by atoms with Gasteiger partial charge in [0.1, 0.15) is 24.0 Å². The Labute approximate surface area is 340 Å². The molecule has 1 atom stereocenters. The lowest BCUT2D eigenvalue weighted by molar-refractivity contribution is -0.138. The molecule has 2 aromatic carbocycles. The van der Waals surface area contributed by atoms with Gasteiger partial charge in [-0.25, -0.2) is 4.98 Å². The summed E-state index contributed by atoms with van der Waals surface area (Å²) in [6, 6.07) is 15.4. The predicted octanol–water partition coefficient (Wildman–Crippen LogP) is 5.42. The van der Waals surface area contributed by atoms with Gasteiger partial charge in [-0.15, -0.1) is 0 Å². The number of ketones is 1. The number of nitriles is 1. The van der Waals surface area contributed by atoms with E-state index in [1.54, 1.807) is 24.8 Å². The van der Waals surface area contributed by atoms with Crippen LogP contribution in [0.25, 0.3) is 0 Å². The van der Waals surface area contributed by atoms with E-state index in [0.29, 0.717) is 56.8 Å². The Bertz CT molecular complexity index is 2150. The summed E-state index contributed by atoms with van der Waals surface area (Å²) in [6.45, 7) is 11.8. The highest BCUT2D eigenvalue weighted by Crippen LogP contribution is 2.41. The monoisotopic (exact) mass is 817 g/mol. The maximum Gasteiger partial charge on any atom is 0.419 e. The number of nitrogens with zero attached hydrogens (tertiary/aromatic N) is 6. The highest BCUT2D eigenvalue weighted by molar-refractivity contribution is 7.81. The number of amides is 3. The second-order valence-electron chi connectivity index (χ2n) is 15.7. The highest BCUT2D eigenvalue weighted by Gasteiger charge is 2.51. The number of hydrogen-bond donors (Lipinski definition) is 1. The molecule has 1 aromatic heterocycles. The molecule has 1 unspecified atom stereocenters. The number of nitrogens with one attached hydrogen (secondary N) is 1. The Kier molecular flexibility index (Phi) is 12.6. The van der Waals surface area contributed by atoms with Gasteiger partial charge in [0.2, 0.25) is 11.8 Å². The molecule has 58 heavy (non-hydrogen) atoms. The van der Waals surface area contributed by atoms with Crippen molar-refractivity contribution in [1.29, 1.82) is 5.26 Å². The zero-order valence-corrected chi connectivity index (χ0v) is 33.7. The SMILES string of the molecule is CC(C)c1cc(N2C(=S)N(c3cnc(C#N)c(C(F)(F)F)c3)C(=O)C2(C)C)ccc1OCCN1CCN(CC(=O)Cc2cccc(CC3CCC(=O)NC3=O)c2)CC1. The van der Waals surface area contributed by atoms with Crippen molar-refractivity contribution in [3.8, 4) is 11.8 Å². The van der Waals surface area contributed by atoms with Crippen LogP contribution in [0.4, 0.5) is 24.5 Å². The van der Waals surface area contributed by atoms with Crippen molar-refractivity contribution < 1.29 is 37.1 Å². The Hall–Kier alpha value is -5.24. The van der Waals surface area contributed by atoms with Crippen LogP contribution in [-0.2, 0) is 38.2 Å². The molecule has 0 spiro atoms. The van der Waals surface area contributed by atoms with Crippen LogP contribution in [0.5, 0.6) is 5.75 Å². The topological polar surface area (TPSA) is 139 Å². The molecular formula is C42H46F3N7O5S. The number of hydrogen-bond acceptors (Lipinski definition) is 10. The van der Waals surface area contributed by atoms with E-state index in [9.17, 15) is 37.6 Å². The first-order valence-corrected chi connectivity index (χ1v) is 19.7. The lowest BCUT2D eigenvalue weighted by Crippen LogP contribution is -2.48. The van der Waals surface area contributed by atoms with Crippen molar-refractivity contribution in [1.82, 2.24) is 20.1 Å². The summed E-state index contributed by atoms with van der Waals surface area (Å²) >= 11 is 5.71. The average molecular weight is 818 g/mol. The molecule has 0 bridgehead atoms. The normalized spacial score (nSPS) is 19.1. The van der Waals surface area contributed by atoms with Crippen molar-refractivity contribution in [2.24, 2.45) is 5.92 Å². The van der Waals surface area contributed by atoms with Crippen LogP contribution < -0.4 is 19.9 Å². The largest absolute Gasteiger partial charge is 0.492 e. The van der Waals surface area contributed by atoms with E-state index >= 15 is 0 Å². The van der Waals surface area contributed by atoms with Crippen LogP contribution in [0.3, 0.4) is 0 Å². The number of halogens is 3. The number of Topliss-reactive ketones (excluding diaryl/α,β-unsaturated/α-hetero) is 1. The summed E-state index contributed by atoms with van der Waals surface area (Å²) in [4.78, 5) is 61.2. The number of thiocarbonyl (C=S) groups is 1. The molecule has 3 amide bonds. The first kappa shape index (κ1) is 42.4. The third-order valence-corrected chi connectivity index (χ3v) is 11.2. The Balaban J connectivity index is 1.01. The standard InChI is InChI=1S/C42H46F3N7O5S/c1-26(2)33-21-30(52-40(58)51(39(56)41(52,3)4)31-22-34(42(43,44)45)35(23-46)47-24-31)9-10-36(33)57-17-16-49-12-14-50(15-13-49)25-32(53)20-28-7-5-6-27(18-28)19-29-8-11-37(54)48-38(29)55/h5-7,9-10,18,21-22,24,26,29H,8,11-17,19-20,25H2,1-4H3,(H,48,54,55). The minimum absolute atomic E-state index is 0.0184. The summed E-state index contributed by atoms with van der Waals surface area (Å²) in [7, 11) is 0. The van der Waals surface area contributed by atoms with Gasteiger partial charge in [0.25, 0.3) is 5.91 Å². The number of ether oxygens (including phenoxy) is 1. The number of alkyl halides is 3. The van der Waals surface area contributed by atoms with Gasteiger partial charge in [-0.3, -0.25) is 39.2 Å². The zero-order valence-electron chi connectivity index (χ0n) is 32.9. The second kappa shape index (κ2) is 17.3. The Morgan fingerprint density at radius 3 is 2.41 bits per heavy atom. The second-order valence-corrected chi connectivity index (χ2v) is 16.1. The molecule has 0 radical (unpaired) electrons. The molecule has 16 heteroatoms. The van der Waals surface area contributed by atoms with E-state index in [-0.39, 0.29) is 40.2 Å². The number of anilines is 2. The number of carbonyl (C=O) groups is 4. The number of rotatable bonds is 13. The lowest BCUT2D eigenvalue weighted by Gasteiger charge is -2.34. The maximum atomic E-state index is 13.8. The number of carbonyl (C=O) groups excluding carboxylic acids is 4. The quantitative estimate of drug-likeness (QED) is 0.175. The fourth-order valence-electron chi connectivity index (χ4n) is 7.67. The van der Waals surface area contributed by atoms with E-state index < -0.39 is 28.9 Å². The predicted molar refractivity (Wildman–Crippen MR) is 214 cm³/mol. The summed E-state index contributed by atoms with van der Waals surface area (Å²) in [6.07, 6.45) is -2.10. The van der Waals surface area contributed by atoms with E-state index in [0.717, 1.165) is 60.0 Å². The number of pyridine rings is 1. The molecule has 12 nitrogen and oxygen atoms in total. The van der Waals surface area contributed by atoms with Crippen LogP contribution >= 0.6 is 12.2 Å². The molecule has 3 saturated heterocycles. The molecule has 6 rings (SSSR count). The van der Waals surface area contributed by atoms with Crippen molar-refractivity contribution in [2.45, 2.75) is 71.0 Å². The van der Waals surface area contributed by atoms with Crippen LogP contribution in [-0.4, -0.2) is 94.8 Å². The van der Waals surface area contributed by atoms with Crippen molar-refractivity contribution in [3.63, 3.8) is 0 Å². The molecule has 3 aliphatic rings. The van der Waals surface area contributed by atoms with E-state index in [1.165, 1.54) is 6.07 Å². The highest BCUT2D eigenvalue weighted by atomic mass is 32.1. The van der Waals surface area contributed by atoms with Crippen LogP contribution in [0.2, 0.25) is 0 Å². The first-order valence-electron chi connectivity index (χ1n) is 19.3. The number of aromatic nitrogens is 1. The summed E-state index contributed by atoms with van der Waals surface area (Å²) in [5.41, 5.74) is -0.155. The Morgan fingerprint density at radius 2 is 1.74 bits per heavy atom. The van der Waals surface area contributed by atoms with Crippen molar-refractivity contribution in [3.05, 3.63) is 82.7 Å². The molecule has 0 aliphatic carbocycles. The fraction of sp³-hybridized carbons (Fsp3) is 0.452. The smallest absolute Gasteiger partial charge is 0.419 e. The van der Waals surface area contributed by atoms with Crippen LogP contribution in [0, 0.1) is 17.2 Å². The summed E-state index contributed by atoms with van der Waals surface area (Å²) < 4.78 is 47.6. The van der Waals surface area contributed by atoms with Gasteiger partial charge in [0.05, 0.1) is 24.0 Å². The molecule has 3 fully saturated rings. The number of piperazine rings is 1. The van der Waals surface area contributed by atoms with E-state index in [2.05, 4.69) is 20.1 Å². The number of piperidine rings is 1. The van der Waals surface area contributed by atoms with Gasteiger partial charge in [-0.2, -0.15) is 18.4 Å². The average Bonchev–Trinajstić information content (AvgIpc) is 3.34. The molecule has 3 aromatic rings. The number of imide groups is 1. The van der Waals surface area contributed by atoms with E-state index in [4.69, 9.17) is 17.0 Å². The van der Waals surface area contributed by atoms with Crippen molar-refractivity contribution in [2.75, 3.05) is 55.7 Å². The lowest BCUT2D eigenvalue weighted by atomic mass is 9.90. The molecule has 3 aliphatic heterocycles. The minimum atomic E-state index is -4.86. The van der Waals surface area contributed by atoms with Gasteiger partial charge in [0, 0.05) is 57.2 Å². The minimum Gasteiger partial charge on any atom is -0.492 e. The summed E-state index contributed by atoms with van der Waals surface area (Å²) in [5.74, 6) is -0.449. The van der Waals surface area contributed by atoms with Gasteiger partial charge in [0.15, 0.2) is 16.6 Å². The Morgan fingerprint density at radius 1 is 1.03 bits per heavy atom. The maximum absolute atomic E-state index is 13.8. The van der Waals surface area contributed by atoms with Gasteiger partial charge in [-0.1, -0.05) is 38.1 Å². The molecule has 1 N–H and O–H groups in total. The van der Waals surface area contributed by atoms with E-state index in [1.807, 2.05) is 50.2 Å². The zero-order chi connectivity index (χ0) is 41.9. The van der Waals surface area contributed by atoms with Gasteiger partial charge in [-0.05, 0) is 85.8 Å². The molecular weight excluding hydrogens is 772 g/mol.